The second-order valence-electron chi connectivity index (χ2n) is 7.94. The predicted octanol–water partition coefficient (Wildman–Crippen LogP) is 3.68. The lowest BCUT2D eigenvalue weighted by Gasteiger charge is -2.30. The first kappa shape index (κ1) is 25.3. The van der Waals surface area contributed by atoms with Crippen molar-refractivity contribution in [2.75, 3.05) is 41.4 Å². The molecular formula is C24H31N3O4S2. The number of hydrogen-bond donors (Lipinski definition) is 1. The second kappa shape index (κ2) is 11.2. The third-order valence-corrected chi connectivity index (χ3v) is 8.54. The Morgan fingerprint density at radius 2 is 1.85 bits per heavy atom. The molecule has 1 aliphatic heterocycles. The van der Waals surface area contributed by atoms with Gasteiger partial charge in [-0.15, -0.1) is 11.8 Å². The summed E-state index contributed by atoms with van der Waals surface area (Å²) in [6, 6.07) is 12.6. The summed E-state index contributed by atoms with van der Waals surface area (Å²) in [6.07, 6.45) is 1.50. The number of sulfonamides is 1. The zero-order valence-corrected chi connectivity index (χ0v) is 21.0. The number of nitrogens with zero attached hydrogens (tertiary/aromatic N) is 2. The van der Waals surface area contributed by atoms with Gasteiger partial charge in [-0.2, -0.15) is 4.31 Å². The van der Waals surface area contributed by atoms with Gasteiger partial charge in [-0.1, -0.05) is 26.0 Å². The minimum Gasteiger partial charge on any atom is -0.325 e. The van der Waals surface area contributed by atoms with Crippen LogP contribution in [0.25, 0.3) is 0 Å². The van der Waals surface area contributed by atoms with Gasteiger partial charge in [-0.05, 0) is 61.2 Å². The first-order chi connectivity index (χ1) is 15.8. The quantitative estimate of drug-likeness (QED) is 0.581. The summed E-state index contributed by atoms with van der Waals surface area (Å²) in [5.74, 6) is 0.133. The summed E-state index contributed by atoms with van der Waals surface area (Å²) in [7, 11) is -3.54. The van der Waals surface area contributed by atoms with E-state index >= 15 is 0 Å². The van der Waals surface area contributed by atoms with Gasteiger partial charge < -0.3 is 10.2 Å². The number of carbonyl (C=O) groups excluding carboxylic acids is 2. The van der Waals surface area contributed by atoms with Crippen LogP contribution in [-0.4, -0.2) is 55.7 Å². The van der Waals surface area contributed by atoms with Crippen LogP contribution in [0.3, 0.4) is 0 Å². The average Bonchev–Trinajstić information content (AvgIpc) is 2.78. The Bertz CT molecular complexity index is 1110. The number of thioether (sulfide) groups is 1. The highest BCUT2D eigenvalue weighted by Gasteiger charge is 2.27. The van der Waals surface area contributed by atoms with Crippen molar-refractivity contribution in [3.05, 3.63) is 53.6 Å². The number of amides is 2. The Morgan fingerprint density at radius 3 is 2.55 bits per heavy atom. The predicted molar refractivity (Wildman–Crippen MR) is 134 cm³/mol. The molecule has 1 heterocycles. The third-order valence-electron chi connectivity index (χ3n) is 5.57. The largest absolute Gasteiger partial charge is 0.325 e. The summed E-state index contributed by atoms with van der Waals surface area (Å²) in [4.78, 5) is 27.0. The molecule has 2 aromatic rings. The molecule has 7 nitrogen and oxygen atoms in total. The van der Waals surface area contributed by atoms with E-state index in [4.69, 9.17) is 0 Å². The van der Waals surface area contributed by atoms with E-state index in [0.29, 0.717) is 19.6 Å². The molecule has 0 saturated heterocycles. The van der Waals surface area contributed by atoms with Gasteiger partial charge in [0.25, 0.3) is 0 Å². The average molecular weight is 490 g/mol. The van der Waals surface area contributed by atoms with Crippen molar-refractivity contribution in [1.29, 1.82) is 0 Å². The molecule has 2 amide bonds. The summed E-state index contributed by atoms with van der Waals surface area (Å²) in [5, 5.41) is 2.85. The Kier molecular flexibility index (Phi) is 8.56. The van der Waals surface area contributed by atoms with Gasteiger partial charge in [0.2, 0.25) is 21.8 Å². The normalized spacial score (nSPS) is 13.6. The van der Waals surface area contributed by atoms with Crippen LogP contribution >= 0.6 is 11.8 Å². The molecule has 0 fully saturated rings. The van der Waals surface area contributed by atoms with E-state index in [-0.39, 0.29) is 28.2 Å². The lowest BCUT2D eigenvalue weighted by atomic mass is 10.0. The molecule has 0 unspecified atom stereocenters. The van der Waals surface area contributed by atoms with E-state index in [2.05, 4.69) is 5.32 Å². The fourth-order valence-corrected chi connectivity index (χ4v) is 6.13. The molecule has 0 radical (unpaired) electrons. The highest BCUT2D eigenvalue weighted by atomic mass is 32.2. The van der Waals surface area contributed by atoms with Crippen LogP contribution in [0, 0.1) is 6.92 Å². The maximum absolute atomic E-state index is 12.9. The first-order valence-electron chi connectivity index (χ1n) is 11.1. The molecule has 1 N–H and O–H groups in total. The highest BCUT2D eigenvalue weighted by Crippen LogP contribution is 2.31. The van der Waals surface area contributed by atoms with Gasteiger partial charge in [0.05, 0.1) is 16.4 Å². The molecule has 0 aromatic heterocycles. The summed E-state index contributed by atoms with van der Waals surface area (Å²) in [5.41, 5.74) is 3.43. The summed E-state index contributed by atoms with van der Waals surface area (Å²) in [6.45, 7) is 7.01. The van der Waals surface area contributed by atoms with Gasteiger partial charge in [0.1, 0.15) is 0 Å². The molecule has 0 atom stereocenters. The molecule has 1 aliphatic rings. The van der Waals surface area contributed by atoms with Crippen LogP contribution in [-0.2, 0) is 26.0 Å². The monoisotopic (exact) mass is 489 g/mol. The van der Waals surface area contributed by atoms with E-state index in [1.165, 1.54) is 16.1 Å². The van der Waals surface area contributed by atoms with Crippen molar-refractivity contribution in [2.24, 2.45) is 0 Å². The fraction of sp³-hybridized carbons (Fsp3) is 0.417. The molecule has 0 aliphatic carbocycles. The zero-order chi connectivity index (χ0) is 24.0. The molecule has 0 spiro atoms. The van der Waals surface area contributed by atoms with Crippen molar-refractivity contribution in [3.63, 3.8) is 0 Å². The van der Waals surface area contributed by atoms with Gasteiger partial charge in [0.15, 0.2) is 0 Å². The van der Waals surface area contributed by atoms with Crippen molar-refractivity contribution in [1.82, 2.24) is 4.31 Å². The van der Waals surface area contributed by atoms with Crippen molar-refractivity contribution >= 4 is 45.0 Å². The van der Waals surface area contributed by atoms with Gasteiger partial charge >= 0.3 is 0 Å². The molecule has 3 rings (SSSR count). The van der Waals surface area contributed by atoms with E-state index < -0.39 is 10.0 Å². The van der Waals surface area contributed by atoms with E-state index in [1.54, 1.807) is 23.1 Å². The second-order valence-corrected chi connectivity index (χ2v) is 10.9. The lowest BCUT2D eigenvalue weighted by Crippen LogP contribution is -2.37. The highest BCUT2D eigenvalue weighted by molar-refractivity contribution is 8.00. The number of carbonyl (C=O) groups is 2. The molecule has 33 heavy (non-hydrogen) atoms. The van der Waals surface area contributed by atoms with Crippen LogP contribution in [0.4, 0.5) is 11.4 Å². The number of hydrogen-bond acceptors (Lipinski definition) is 5. The van der Waals surface area contributed by atoms with Crippen LogP contribution in [0.5, 0.6) is 0 Å². The smallest absolute Gasteiger partial charge is 0.243 e. The molecule has 178 valence electrons. The maximum Gasteiger partial charge on any atom is 0.243 e. The number of benzene rings is 2. The Labute approximate surface area is 200 Å². The number of anilines is 2. The van der Waals surface area contributed by atoms with Crippen LogP contribution in [0.1, 0.15) is 31.4 Å². The van der Waals surface area contributed by atoms with Crippen LogP contribution in [0.2, 0.25) is 0 Å². The SMILES string of the molecule is CCN(CC)S(=O)(=O)c1ccc2c(c1)CCCN2C(=O)CSCC(=O)Nc1cccc(C)c1. The van der Waals surface area contributed by atoms with E-state index in [1.807, 2.05) is 45.0 Å². The summed E-state index contributed by atoms with van der Waals surface area (Å²) >= 11 is 1.27. The van der Waals surface area contributed by atoms with Gasteiger partial charge in [-0.25, -0.2) is 8.42 Å². The van der Waals surface area contributed by atoms with Crippen LogP contribution < -0.4 is 10.2 Å². The topological polar surface area (TPSA) is 86.8 Å². The van der Waals surface area contributed by atoms with Crippen molar-refractivity contribution in [2.45, 2.75) is 38.5 Å². The fourth-order valence-electron chi connectivity index (χ4n) is 3.93. The third kappa shape index (κ3) is 6.16. The van der Waals surface area contributed by atoms with Crippen LogP contribution in [0.15, 0.2) is 47.4 Å². The first-order valence-corrected chi connectivity index (χ1v) is 13.7. The number of aryl methyl sites for hydroxylation is 2. The Balaban J connectivity index is 1.62. The Morgan fingerprint density at radius 1 is 1.09 bits per heavy atom. The maximum atomic E-state index is 12.9. The molecule has 0 bridgehead atoms. The lowest BCUT2D eigenvalue weighted by molar-refractivity contribution is -0.116. The number of fused-ring (bicyclic) bond motifs is 1. The van der Waals surface area contributed by atoms with Gasteiger partial charge in [-0.3, -0.25) is 9.59 Å². The minimum atomic E-state index is -3.54. The molecule has 2 aromatic carbocycles. The minimum absolute atomic E-state index is 0.0799. The molecular weight excluding hydrogens is 458 g/mol. The number of nitrogens with one attached hydrogen (secondary N) is 1. The van der Waals surface area contributed by atoms with E-state index in [9.17, 15) is 18.0 Å². The number of rotatable bonds is 9. The van der Waals surface area contributed by atoms with Gasteiger partial charge in [0, 0.05) is 31.0 Å². The summed E-state index contributed by atoms with van der Waals surface area (Å²) < 4.78 is 27.1. The standard InChI is InChI=1S/C24H31N3O4S2/c1-4-26(5-2)33(30,31)21-11-12-22-19(15-21)9-7-13-27(22)24(29)17-32-16-23(28)25-20-10-6-8-18(3)14-20/h6,8,10-12,14-15H,4-5,7,9,13,16-17H2,1-3H3,(H,25,28). The molecule has 0 saturated carbocycles. The molecule has 9 heteroatoms. The zero-order valence-electron chi connectivity index (χ0n) is 19.3. The Hall–Kier alpha value is -2.36. The van der Waals surface area contributed by atoms with Crippen molar-refractivity contribution < 1.29 is 18.0 Å². The van der Waals surface area contributed by atoms with E-state index in [0.717, 1.165) is 35.3 Å². The van der Waals surface area contributed by atoms with Crippen molar-refractivity contribution in [3.8, 4) is 0 Å².